The number of thiophene rings is 1. The molecule has 0 aliphatic heterocycles. The zero-order valence-electron chi connectivity index (χ0n) is 15.1. The van der Waals surface area contributed by atoms with Crippen molar-refractivity contribution in [1.29, 1.82) is 0 Å². The summed E-state index contributed by atoms with van der Waals surface area (Å²) in [6, 6.07) is 23.4. The third-order valence-corrected chi connectivity index (χ3v) is 5.90. The number of fused-ring (bicyclic) bond motifs is 1. The van der Waals surface area contributed by atoms with E-state index in [1.54, 1.807) is 14.2 Å². The lowest BCUT2D eigenvalue weighted by atomic mass is 10.0. The van der Waals surface area contributed by atoms with Crippen LogP contribution in [0.15, 0.2) is 66.7 Å². The molecule has 0 N–H and O–H groups in total. The predicted octanol–water partition coefficient (Wildman–Crippen LogP) is 6.56. The topological polar surface area (TPSA) is 18.5 Å². The van der Waals surface area contributed by atoms with E-state index < -0.39 is 0 Å². The van der Waals surface area contributed by atoms with Crippen molar-refractivity contribution in [2.75, 3.05) is 14.2 Å². The minimum atomic E-state index is 0.746. The molecule has 0 unspecified atom stereocenters. The third-order valence-electron chi connectivity index (χ3n) is 4.58. The summed E-state index contributed by atoms with van der Waals surface area (Å²) < 4.78 is 10.9. The van der Waals surface area contributed by atoms with E-state index in [-0.39, 0.29) is 0 Å². The Morgan fingerprint density at radius 3 is 1.85 bits per heavy atom. The fraction of sp³-hybridized carbons (Fsp3) is 0.130. The van der Waals surface area contributed by atoms with Crippen molar-refractivity contribution < 1.29 is 9.47 Å². The first-order valence-corrected chi connectivity index (χ1v) is 9.34. The molecule has 1 heterocycles. The van der Waals surface area contributed by atoms with Crippen LogP contribution in [0, 0.1) is 6.92 Å². The van der Waals surface area contributed by atoms with Crippen molar-refractivity contribution in [2.24, 2.45) is 0 Å². The second-order valence-corrected chi connectivity index (χ2v) is 7.26. The van der Waals surface area contributed by atoms with E-state index in [0.717, 1.165) is 17.1 Å². The molecule has 4 rings (SSSR count). The van der Waals surface area contributed by atoms with Gasteiger partial charge in [-0.05, 0) is 36.2 Å². The lowest BCUT2D eigenvalue weighted by molar-refractivity contribution is 0.355. The molecule has 3 heteroatoms. The highest BCUT2D eigenvalue weighted by Gasteiger charge is 2.15. The molecule has 0 fully saturated rings. The summed E-state index contributed by atoms with van der Waals surface area (Å²) in [5.74, 6) is 1.50. The van der Waals surface area contributed by atoms with Crippen LogP contribution in [0.2, 0.25) is 0 Å². The van der Waals surface area contributed by atoms with E-state index in [1.165, 1.54) is 31.7 Å². The van der Waals surface area contributed by atoms with Gasteiger partial charge in [0.25, 0.3) is 0 Å². The maximum absolute atomic E-state index is 5.49. The van der Waals surface area contributed by atoms with Gasteiger partial charge in [-0.1, -0.05) is 54.1 Å². The van der Waals surface area contributed by atoms with Gasteiger partial charge in [-0.15, -0.1) is 11.3 Å². The number of hydrogen-bond acceptors (Lipinski definition) is 3. The molecule has 3 aromatic carbocycles. The smallest absolute Gasteiger partial charge is 0.161 e. The van der Waals surface area contributed by atoms with E-state index in [9.17, 15) is 0 Å². The van der Waals surface area contributed by atoms with Gasteiger partial charge in [-0.3, -0.25) is 0 Å². The Hall–Kier alpha value is -2.78. The Kier molecular flexibility index (Phi) is 4.39. The van der Waals surface area contributed by atoms with Crippen molar-refractivity contribution in [3.8, 4) is 32.4 Å². The maximum atomic E-state index is 5.49. The number of aryl methyl sites for hydroxylation is 1. The van der Waals surface area contributed by atoms with Crippen LogP contribution in [0.5, 0.6) is 11.5 Å². The molecule has 4 aromatic rings. The molecule has 26 heavy (non-hydrogen) atoms. The predicted molar refractivity (Wildman–Crippen MR) is 111 cm³/mol. The van der Waals surface area contributed by atoms with Crippen LogP contribution in [0.25, 0.3) is 31.7 Å². The molecule has 0 amide bonds. The van der Waals surface area contributed by atoms with E-state index >= 15 is 0 Å². The summed E-state index contributed by atoms with van der Waals surface area (Å²) in [6.07, 6.45) is 0. The van der Waals surface area contributed by atoms with E-state index in [4.69, 9.17) is 9.47 Å². The van der Waals surface area contributed by atoms with Gasteiger partial charge in [0.2, 0.25) is 0 Å². The summed E-state index contributed by atoms with van der Waals surface area (Å²) in [6.45, 7) is 2.12. The molecule has 0 saturated carbocycles. The fourth-order valence-corrected chi connectivity index (χ4v) is 4.48. The molecule has 0 radical (unpaired) electrons. The summed E-state index contributed by atoms with van der Waals surface area (Å²) in [5, 5.41) is 2.55. The Morgan fingerprint density at radius 1 is 0.654 bits per heavy atom. The Balaban J connectivity index is 1.93. The second-order valence-electron chi connectivity index (χ2n) is 6.24. The first kappa shape index (κ1) is 16.7. The first-order chi connectivity index (χ1) is 12.7. The van der Waals surface area contributed by atoms with E-state index in [1.807, 2.05) is 17.4 Å². The zero-order chi connectivity index (χ0) is 18.1. The number of rotatable bonds is 4. The van der Waals surface area contributed by atoms with Crippen LogP contribution >= 0.6 is 11.3 Å². The van der Waals surface area contributed by atoms with Gasteiger partial charge in [0.05, 0.1) is 14.2 Å². The van der Waals surface area contributed by atoms with Crippen molar-refractivity contribution in [3.63, 3.8) is 0 Å². The van der Waals surface area contributed by atoms with Crippen LogP contribution in [0.1, 0.15) is 5.56 Å². The number of ether oxygens (including phenoxy) is 2. The number of methoxy groups -OCH3 is 2. The minimum Gasteiger partial charge on any atom is -0.493 e. The normalized spacial score (nSPS) is 10.9. The summed E-state index contributed by atoms with van der Waals surface area (Å²) in [4.78, 5) is 2.54. The first-order valence-electron chi connectivity index (χ1n) is 8.52. The molecule has 0 aliphatic rings. The molecule has 1 aromatic heterocycles. The van der Waals surface area contributed by atoms with Crippen molar-refractivity contribution in [2.45, 2.75) is 6.92 Å². The SMILES string of the molecule is COc1ccc(-c2sc(-c3ccc(C)cc3)c3ccccc23)cc1OC. The van der Waals surface area contributed by atoms with Crippen molar-refractivity contribution in [1.82, 2.24) is 0 Å². The highest BCUT2D eigenvalue weighted by molar-refractivity contribution is 7.21. The largest absolute Gasteiger partial charge is 0.493 e. The van der Waals surface area contributed by atoms with Crippen molar-refractivity contribution in [3.05, 3.63) is 72.3 Å². The number of benzene rings is 3. The molecule has 0 atom stereocenters. The summed E-state index contributed by atoms with van der Waals surface area (Å²) in [7, 11) is 3.33. The van der Waals surface area contributed by atoms with Gasteiger partial charge >= 0.3 is 0 Å². The molecule has 0 spiro atoms. The van der Waals surface area contributed by atoms with Gasteiger partial charge in [0.1, 0.15) is 0 Å². The van der Waals surface area contributed by atoms with Gasteiger partial charge in [-0.25, -0.2) is 0 Å². The average molecular weight is 360 g/mol. The molecule has 0 bridgehead atoms. The third kappa shape index (κ3) is 2.85. The number of hydrogen-bond donors (Lipinski definition) is 0. The fourth-order valence-electron chi connectivity index (χ4n) is 3.20. The van der Waals surface area contributed by atoms with Crippen molar-refractivity contribution >= 4 is 22.1 Å². The molecular formula is C23H20O2S. The van der Waals surface area contributed by atoms with Crippen LogP contribution < -0.4 is 9.47 Å². The van der Waals surface area contributed by atoms with Crippen LogP contribution in [0.3, 0.4) is 0 Å². The Morgan fingerprint density at radius 2 is 1.23 bits per heavy atom. The lowest BCUT2D eigenvalue weighted by Gasteiger charge is -2.09. The standard InChI is InChI=1S/C23H20O2S/c1-15-8-10-16(11-9-15)22-18-6-4-5-7-19(18)23(26-22)17-12-13-20(24-2)21(14-17)25-3/h4-14H,1-3H3. The monoisotopic (exact) mass is 360 g/mol. The summed E-state index contributed by atoms with van der Waals surface area (Å²) in [5.41, 5.74) is 3.67. The highest BCUT2D eigenvalue weighted by atomic mass is 32.1. The van der Waals surface area contributed by atoms with Gasteiger partial charge in [0.15, 0.2) is 11.5 Å². The van der Waals surface area contributed by atoms with Gasteiger partial charge in [0, 0.05) is 20.5 Å². The van der Waals surface area contributed by atoms with Gasteiger partial charge in [-0.2, -0.15) is 0 Å². The molecule has 0 aliphatic carbocycles. The van der Waals surface area contributed by atoms with Crippen LogP contribution in [-0.2, 0) is 0 Å². The zero-order valence-corrected chi connectivity index (χ0v) is 15.9. The van der Waals surface area contributed by atoms with Crippen LogP contribution in [-0.4, -0.2) is 14.2 Å². The second kappa shape index (κ2) is 6.85. The molecule has 2 nitrogen and oxygen atoms in total. The highest BCUT2D eigenvalue weighted by Crippen LogP contribution is 2.45. The molecule has 0 saturated heterocycles. The maximum Gasteiger partial charge on any atom is 0.161 e. The van der Waals surface area contributed by atoms with E-state index in [2.05, 4.69) is 67.6 Å². The minimum absolute atomic E-state index is 0.746. The summed E-state index contributed by atoms with van der Waals surface area (Å²) >= 11 is 1.82. The lowest BCUT2D eigenvalue weighted by Crippen LogP contribution is -1.90. The van der Waals surface area contributed by atoms with Crippen LogP contribution in [0.4, 0.5) is 0 Å². The quantitative estimate of drug-likeness (QED) is 0.410. The Labute approximate surface area is 157 Å². The molecular weight excluding hydrogens is 340 g/mol. The average Bonchev–Trinajstić information content (AvgIpc) is 3.08. The van der Waals surface area contributed by atoms with E-state index in [0.29, 0.717) is 0 Å². The van der Waals surface area contributed by atoms with Gasteiger partial charge < -0.3 is 9.47 Å². The Bertz CT molecular complexity index is 1060. The molecule has 130 valence electrons.